The second-order valence-corrected chi connectivity index (χ2v) is 10.8. The molecule has 4 heterocycles. The van der Waals surface area contributed by atoms with E-state index in [0.29, 0.717) is 56.5 Å². The average molecular weight is 464 g/mol. The second-order valence-electron chi connectivity index (χ2n) is 8.81. The first-order chi connectivity index (χ1) is 15.5. The third-order valence-electron chi connectivity index (χ3n) is 6.37. The van der Waals surface area contributed by atoms with Crippen LogP contribution in [0.2, 0.25) is 0 Å². The van der Waals surface area contributed by atoms with Crippen LogP contribution in [0, 0.1) is 5.92 Å². The molecule has 5 rings (SSSR count). The van der Waals surface area contributed by atoms with Crippen LogP contribution in [0.1, 0.15) is 37.4 Å². The van der Waals surface area contributed by atoms with E-state index in [-0.39, 0.29) is 0 Å². The van der Waals surface area contributed by atoms with Crippen LogP contribution < -0.4 is 14.5 Å². The summed E-state index contributed by atoms with van der Waals surface area (Å²) >= 11 is 0. The van der Waals surface area contributed by atoms with Crippen LogP contribution in [-0.2, 0) is 10.0 Å². The van der Waals surface area contributed by atoms with Gasteiger partial charge in [0.15, 0.2) is 5.82 Å². The van der Waals surface area contributed by atoms with Crippen molar-refractivity contribution in [3.8, 4) is 5.88 Å². The highest BCUT2D eigenvalue weighted by molar-refractivity contribution is 7.88. The molecule has 1 aliphatic carbocycles. The lowest BCUT2D eigenvalue weighted by Crippen LogP contribution is -2.48. The topological polar surface area (TPSA) is 118 Å². The number of sulfonamides is 1. The number of ether oxygens (including phenoxy) is 1. The minimum atomic E-state index is -3.14. The van der Waals surface area contributed by atoms with Crippen molar-refractivity contribution in [3.05, 3.63) is 18.2 Å². The van der Waals surface area contributed by atoms with Crippen molar-refractivity contribution < 1.29 is 17.7 Å². The van der Waals surface area contributed by atoms with E-state index in [1.54, 1.807) is 12.4 Å². The van der Waals surface area contributed by atoms with Crippen molar-refractivity contribution in [2.45, 2.75) is 31.6 Å². The standard InChI is InChI=1S/C20H29N7O4S/c1-32(28,29)27-10-8-25(9-11-27)17-12-22-18(13-21-17)30-14-15-4-6-26(7-5-15)20-23-19(24-31-20)16-2-3-16/h12-13,15-16H,2-11,14H2,1H3. The molecule has 3 aliphatic rings. The van der Waals surface area contributed by atoms with Gasteiger partial charge >= 0.3 is 6.01 Å². The summed E-state index contributed by atoms with van der Waals surface area (Å²) in [6, 6.07) is 0.644. The highest BCUT2D eigenvalue weighted by Crippen LogP contribution is 2.39. The van der Waals surface area contributed by atoms with Crippen LogP contribution in [-0.4, -0.2) is 85.0 Å². The normalized spacial score (nSPS) is 21.2. The van der Waals surface area contributed by atoms with Gasteiger partial charge in [0, 0.05) is 45.2 Å². The predicted molar refractivity (Wildman–Crippen MR) is 117 cm³/mol. The van der Waals surface area contributed by atoms with Gasteiger partial charge < -0.3 is 19.1 Å². The van der Waals surface area contributed by atoms with Crippen molar-refractivity contribution >= 4 is 21.9 Å². The SMILES string of the molecule is CS(=O)(=O)N1CCN(c2cnc(OCC3CCN(c4nc(C5CC5)no4)CC3)cn2)CC1. The number of rotatable bonds is 7. The van der Waals surface area contributed by atoms with Gasteiger partial charge in [-0.05, 0) is 31.6 Å². The van der Waals surface area contributed by atoms with Crippen LogP contribution >= 0.6 is 0 Å². The quantitative estimate of drug-likeness (QED) is 0.591. The Hall–Kier alpha value is -2.47. The molecule has 0 aromatic carbocycles. The average Bonchev–Trinajstić information content (AvgIpc) is 3.54. The van der Waals surface area contributed by atoms with Gasteiger partial charge in [-0.2, -0.15) is 9.29 Å². The van der Waals surface area contributed by atoms with Gasteiger partial charge in [-0.1, -0.05) is 5.16 Å². The summed E-state index contributed by atoms with van der Waals surface area (Å²) in [6.07, 6.45) is 8.92. The van der Waals surface area contributed by atoms with E-state index in [9.17, 15) is 8.42 Å². The Balaban J connectivity index is 1.06. The van der Waals surface area contributed by atoms with Crippen molar-refractivity contribution in [2.24, 2.45) is 5.92 Å². The molecule has 32 heavy (non-hydrogen) atoms. The van der Waals surface area contributed by atoms with Gasteiger partial charge in [0.25, 0.3) is 0 Å². The minimum absolute atomic E-state index is 0.447. The summed E-state index contributed by atoms with van der Waals surface area (Å²) in [5.41, 5.74) is 0. The maximum Gasteiger partial charge on any atom is 0.324 e. The van der Waals surface area contributed by atoms with Gasteiger partial charge in [-0.25, -0.2) is 18.4 Å². The molecule has 0 atom stereocenters. The first-order valence-corrected chi connectivity index (χ1v) is 13.0. The lowest BCUT2D eigenvalue weighted by Gasteiger charge is -2.33. The van der Waals surface area contributed by atoms with Gasteiger partial charge in [-0.3, -0.25) is 0 Å². The number of anilines is 2. The fraction of sp³-hybridized carbons (Fsp3) is 0.700. The van der Waals surface area contributed by atoms with E-state index in [1.807, 2.05) is 4.90 Å². The number of hydrogen-bond donors (Lipinski definition) is 0. The monoisotopic (exact) mass is 463 g/mol. The second kappa shape index (κ2) is 8.81. The van der Waals surface area contributed by atoms with E-state index in [0.717, 1.165) is 37.6 Å². The lowest BCUT2D eigenvalue weighted by atomic mass is 9.98. The summed E-state index contributed by atoms with van der Waals surface area (Å²) in [6.45, 7) is 4.48. The predicted octanol–water partition coefficient (Wildman–Crippen LogP) is 1.11. The van der Waals surface area contributed by atoms with Gasteiger partial charge in [0.05, 0.1) is 25.3 Å². The molecular formula is C20H29N7O4S. The molecule has 0 N–H and O–H groups in total. The summed E-state index contributed by atoms with van der Waals surface area (Å²) < 4.78 is 36.1. The summed E-state index contributed by atoms with van der Waals surface area (Å²) in [7, 11) is -3.14. The third-order valence-corrected chi connectivity index (χ3v) is 7.67. The van der Waals surface area contributed by atoms with Crippen molar-refractivity contribution in [3.63, 3.8) is 0 Å². The van der Waals surface area contributed by atoms with Gasteiger partial charge in [-0.15, -0.1) is 0 Å². The first-order valence-electron chi connectivity index (χ1n) is 11.2. The number of aromatic nitrogens is 4. The molecule has 1 saturated carbocycles. The molecular weight excluding hydrogens is 434 g/mol. The van der Waals surface area contributed by atoms with Crippen LogP contribution in [0.3, 0.4) is 0 Å². The first kappa shape index (κ1) is 21.4. The van der Waals surface area contributed by atoms with Crippen LogP contribution in [0.25, 0.3) is 0 Å². The third kappa shape index (κ3) is 4.96. The minimum Gasteiger partial charge on any atom is -0.476 e. The van der Waals surface area contributed by atoms with E-state index >= 15 is 0 Å². The Bertz CT molecular complexity index is 1010. The highest BCUT2D eigenvalue weighted by atomic mass is 32.2. The number of piperidine rings is 1. The summed E-state index contributed by atoms with van der Waals surface area (Å²) in [5.74, 6) is 3.05. The zero-order valence-corrected chi connectivity index (χ0v) is 19.1. The number of piperazine rings is 1. The highest BCUT2D eigenvalue weighted by Gasteiger charge is 2.31. The Labute approximate surface area is 187 Å². The van der Waals surface area contributed by atoms with Crippen LogP contribution in [0.15, 0.2) is 16.9 Å². The van der Waals surface area contributed by atoms with Crippen LogP contribution in [0.4, 0.5) is 11.8 Å². The number of nitrogens with zero attached hydrogens (tertiary/aromatic N) is 7. The molecule has 0 spiro atoms. The zero-order valence-electron chi connectivity index (χ0n) is 18.3. The van der Waals surface area contributed by atoms with Gasteiger partial charge in [0.1, 0.15) is 5.82 Å². The Morgan fingerprint density at radius 1 is 1.00 bits per heavy atom. The molecule has 2 aliphatic heterocycles. The van der Waals surface area contributed by atoms with E-state index in [1.165, 1.54) is 23.4 Å². The summed E-state index contributed by atoms with van der Waals surface area (Å²) in [5, 5.41) is 4.10. The van der Waals surface area contributed by atoms with Crippen molar-refractivity contribution in [1.29, 1.82) is 0 Å². The largest absolute Gasteiger partial charge is 0.476 e. The zero-order chi connectivity index (χ0) is 22.1. The molecule has 2 saturated heterocycles. The fourth-order valence-corrected chi connectivity index (χ4v) is 4.98. The lowest BCUT2D eigenvalue weighted by molar-refractivity contribution is 0.213. The molecule has 0 bridgehead atoms. The van der Waals surface area contributed by atoms with Crippen molar-refractivity contribution in [2.75, 3.05) is 61.9 Å². The molecule has 12 heteroatoms. The van der Waals surface area contributed by atoms with E-state index < -0.39 is 10.0 Å². The fourth-order valence-electron chi connectivity index (χ4n) is 4.15. The molecule has 174 valence electrons. The molecule has 11 nitrogen and oxygen atoms in total. The smallest absolute Gasteiger partial charge is 0.324 e. The molecule has 0 amide bonds. The van der Waals surface area contributed by atoms with Gasteiger partial charge in [0.2, 0.25) is 15.9 Å². The maximum absolute atomic E-state index is 11.6. The van der Waals surface area contributed by atoms with Crippen molar-refractivity contribution in [1.82, 2.24) is 24.4 Å². The molecule has 3 fully saturated rings. The van der Waals surface area contributed by atoms with Crippen LogP contribution in [0.5, 0.6) is 5.88 Å². The Morgan fingerprint density at radius 2 is 1.75 bits per heavy atom. The Morgan fingerprint density at radius 3 is 2.38 bits per heavy atom. The molecule has 2 aromatic heterocycles. The van der Waals surface area contributed by atoms with E-state index in [4.69, 9.17) is 9.26 Å². The molecule has 0 radical (unpaired) electrons. The molecule has 0 unspecified atom stereocenters. The maximum atomic E-state index is 11.6. The Kier molecular flexibility index (Phi) is 5.89. The van der Waals surface area contributed by atoms with E-state index in [2.05, 4.69) is 25.0 Å². The summed E-state index contributed by atoms with van der Waals surface area (Å²) in [4.78, 5) is 17.6. The molecule has 2 aromatic rings. The number of hydrogen-bond acceptors (Lipinski definition) is 10.